The van der Waals surface area contributed by atoms with Gasteiger partial charge in [-0.2, -0.15) is 0 Å². The molecule has 5 nitrogen and oxygen atoms in total. The third kappa shape index (κ3) is 4.41. The number of amidine groups is 1. The van der Waals surface area contributed by atoms with Crippen molar-refractivity contribution in [3.05, 3.63) is 29.3 Å². The summed E-state index contributed by atoms with van der Waals surface area (Å²) in [7, 11) is 0. The lowest BCUT2D eigenvalue weighted by molar-refractivity contribution is 0.0447. The van der Waals surface area contributed by atoms with Gasteiger partial charge < -0.3 is 15.0 Å². The van der Waals surface area contributed by atoms with E-state index >= 15 is 0 Å². The van der Waals surface area contributed by atoms with Gasteiger partial charge in [0.05, 0.1) is 25.8 Å². The Morgan fingerprint density at radius 3 is 2.96 bits per heavy atom. The third-order valence-corrected chi connectivity index (χ3v) is 4.48. The maximum Gasteiger partial charge on any atom is 0.178 e. The molecule has 7 heteroatoms. The van der Waals surface area contributed by atoms with Crippen molar-refractivity contribution in [2.75, 3.05) is 44.7 Å². The van der Waals surface area contributed by atoms with Crippen molar-refractivity contribution in [1.82, 2.24) is 9.80 Å². The second-order valence-electron chi connectivity index (χ2n) is 5.83. The highest BCUT2D eigenvalue weighted by Crippen LogP contribution is 2.17. The van der Waals surface area contributed by atoms with Gasteiger partial charge >= 0.3 is 0 Å². The molecular formula is C16H21ClN4OS. The number of benzene rings is 1. The van der Waals surface area contributed by atoms with Crippen LogP contribution in [0.1, 0.15) is 6.92 Å². The fourth-order valence-corrected chi connectivity index (χ4v) is 3.27. The van der Waals surface area contributed by atoms with E-state index < -0.39 is 0 Å². The molecule has 0 radical (unpaired) electrons. The zero-order valence-electron chi connectivity index (χ0n) is 13.2. The summed E-state index contributed by atoms with van der Waals surface area (Å²) in [6.07, 6.45) is 0. The first kappa shape index (κ1) is 16.6. The molecule has 0 spiro atoms. The molecule has 1 N–H and O–H groups in total. The van der Waals surface area contributed by atoms with Gasteiger partial charge in [0, 0.05) is 30.3 Å². The highest BCUT2D eigenvalue weighted by Gasteiger charge is 2.27. The van der Waals surface area contributed by atoms with Crippen molar-refractivity contribution in [3.63, 3.8) is 0 Å². The van der Waals surface area contributed by atoms with Crippen LogP contribution >= 0.6 is 23.8 Å². The van der Waals surface area contributed by atoms with E-state index in [1.165, 1.54) is 0 Å². The topological polar surface area (TPSA) is 40.1 Å². The predicted molar refractivity (Wildman–Crippen MR) is 98.5 cm³/mol. The molecule has 0 aromatic heterocycles. The number of anilines is 1. The molecule has 0 amide bonds. The van der Waals surface area contributed by atoms with Gasteiger partial charge in [-0.3, -0.25) is 9.89 Å². The van der Waals surface area contributed by atoms with Crippen LogP contribution in [0.3, 0.4) is 0 Å². The Morgan fingerprint density at radius 2 is 2.22 bits per heavy atom. The summed E-state index contributed by atoms with van der Waals surface area (Å²) >= 11 is 11.6. The van der Waals surface area contributed by atoms with Crippen LogP contribution in [-0.2, 0) is 4.74 Å². The van der Waals surface area contributed by atoms with Gasteiger partial charge in [-0.1, -0.05) is 17.7 Å². The zero-order valence-corrected chi connectivity index (χ0v) is 14.7. The Bertz CT molecular complexity index is 603. The zero-order chi connectivity index (χ0) is 16.2. The number of nitrogens with zero attached hydrogens (tertiary/aromatic N) is 3. The maximum absolute atomic E-state index is 6.03. The molecule has 1 unspecified atom stereocenters. The minimum Gasteiger partial charge on any atom is -0.379 e. The second-order valence-corrected chi connectivity index (χ2v) is 6.66. The standard InChI is InChI=1S/C16H21ClN4OS/c1-12-10-21(15(18-12)11-20-5-7-22-8-6-20)16(23)19-14-4-2-3-13(17)9-14/h2-4,9,12H,5-8,10-11H2,1H3,(H,19,23). The lowest BCUT2D eigenvalue weighted by Gasteiger charge is -2.29. The monoisotopic (exact) mass is 352 g/mol. The van der Waals surface area contributed by atoms with E-state index in [0.29, 0.717) is 10.1 Å². The molecule has 1 aromatic rings. The van der Waals surface area contributed by atoms with E-state index in [4.69, 9.17) is 33.5 Å². The molecule has 2 aliphatic rings. The molecule has 0 aliphatic carbocycles. The summed E-state index contributed by atoms with van der Waals surface area (Å²) < 4.78 is 5.40. The molecule has 0 bridgehead atoms. The molecule has 1 saturated heterocycles. The first-order chi connectivity index (χ1) is 11.1. The van der Waals surface area contributed by atoms with Crippen molar-refractivity contribution in [2.24, 2.45) is 4.99 Å². The van der Waals surface area contributed by atoms with E-state index in [9.17, 15) is 0 Å². The van der Waals surface area contributed by atoms with Crippen LogP contribution < -0.4 is 5.32 Å². The highest BCUT2D eigenvalue weighted by molar-refractivity contribution is 7.80. The smallest absolute Gasteiger partial charge is 0.178 e. The first-order valence-corrected chi connectivity index (χ1v) is 8.61. The van der Waals surface area contributed by atoms with Crippen LogP contribution in [0.2, 0.25) is 5.02 Å². The summed E-state index contributed by atoms with van der Waals surface area (Å²) in [4.78, 5) is 9.20. The van der Waals surface area contributed by atoms with Crippen molar-refractivity contribution in [3.8, 4) is 0 Å². The Kier molecular flexibility index (Phi) is 5.48. The van der Waals surface area contributed by atoms with Gasteiger partial charge in [0.1, 0.15) is 5.84 Å². The van der Waals surface area contributed by atoms with Crippen molar-refractivity contribution < 1.29 is 4.74 Å². The maximum atomic E-state index is 6.03. The molecule has 2 heterocycles. The minimum atomic E-state index is 0.255. The number of thiocarbonyl (C=S) groups is 1. The molecule has 1 aromatic carbocycles. The molecule has 0 saturated carbocycles. The number of rotatable bonds is 3. The Morgan fingerprint density at radius 1 is 1.43 bits per heavy atom. The van der Waals surface area contributed by atoms with Gasteiger partial charge in [0.2, 0.25) is 0 Å². The fourth-order valence-electron chi connectivity index (χ4n) is 2.78. The lowest BCUT2D eigenvalue weighted by Crippen LogP contribution is -2.46. The molecule has 2 aliphatic heterocycles. The van der Waals surface area contributed by atoms with Crippen LogP contribution in [0.4, 0.5) is 5.69 Å². The van der Waals surface area contributed by atoms with Crippen molar-refractivity contribution in [1.29, 1.82) is 0 Å². The predicted octanol–water partition coefficient (Wildman–Crippen LogP) is 2.47. The van der Waals surface area contributed by atoms with Crippen LogP contribution in [0.15, 0.2) is 29.3 Å². The van der Waals surface area contributed by atoms with Crippen LogP contribution in [0.5, 0.6) is 0 Å². The number of nitrogens with one attached hydrogen (secondary N) is 1. The van der Waals surface area contributed by atoms with E-state index in [-0.39, 0.29) is 6.04 Å². The second kappa shape index (κ2) is 7.57. The number of hydrogen-bond donors (Lipinski definition) is 1. The van der Waals surface area contributed by atoms with E-state index in [1.54, 1.807) is 0 Å². The average molecular weight is 353 g/mol. The number of hydrogen-bond acceptors (Lipinski definition) is 4. The number of aliphatic imine (C=N–C) groups is 1. The average Bonchev–Trinajstić information content (AvgIpc) is 2.89. The number of halogens is 1. The van der Waals surface area contributed by atoms with Crippen LogP contribution in [0, 0.1) is 0 Å². The third-order valence-electron chi connectivity index (χ3n) is 3.92. The number of morpholine rings is 1. The highest BCUT2D eigenvalue weighted by atomic mass is 35.5. The van der Waals surface area contributed by atoms with Gasteiger partial charge in [0.15, 0.2) is 5.11 Å². The summed E-state index contributed by atoms with van der Waals surface area (Å²) in [6, 6.07) is 7.83. The Labute approximate surface area is 147 Å². The van der Waals surface area contributed by atoms with Crippen molar-refractivity contribution in [2.45, 2.75) is 13.0 Å². The molecule has 3 rings (SSSR count). The quantitative estimate of drug-likeness (QED) is 0.846. The van der Waals surface area contributed by atoms with Gasteiger partial charge in [0.25, 0.3) is 0 Å². The molecular weight excluding hydrogens is 332 g/mol. The van der Waals surface area contributed by atoms with E-state index in [1.807, 2.05) is 24.3 Å². The van der Waals surface area contributed by atoms with Crippen LogP contribution in [-0.4, -0.2) is 66.2 Å². The van der Waals surface area contributed by atoms with E-state index in [0.717, 1.165) is 50.9 Å². The molecule has 23 heavy (non-hydrogen) atoms. The van der Waals surface area contributed by atoms with Gasteiger partial charge in [-0.15, -0.1) is 0 Å². The Balaban J connectivity index is 1.65. The summed E-state index contributed by atoms with van der Waals surface area (Å²) in [5.41, 5.74) is 0.896. The largest absolute Gasteiger partial charge is 0.379 e. The molecule has 124 valence electrons. The summed E-state index contributed by atoms with van der Waals surface area (Å²) in [5, 5.41) is 4.62. The van der Waals surface area contributed by atoms with Gasteiger partial charge in [-0.05, 0) is 37.3 Å². The first-order valence-electron chi connectivity index (χ1n) is 7.82. The Hall–Kier alpha value is -1.21. The SMILES string of the molecule is CC1CN(C(=S)Nc2cccc(Cl)c2)C(CN2CCOCC2)=N1. The fraction of sp³-hybridized carbons (Fsp3) is 0.500. The minimum absolute atomic E-state index is 0.255. The van der Waals surface area contributed by atoms with Crippen LogP contribution in [0.25, 0.3) is 0 Å². The molecule has 1 fully saturated rings. The lowest BCUT2D eigenvalue weighted by atomic mass is 10.3. The summed E-state index contributed by atoms with van der Waals surface area (Å²) in [5.74, 6) is 1.03. The van der Waals surface area contributed by atoms with Crippen molar-refractivity contribution >= 4 is 40.5 Å². The summed E-state index contributed by atoms with van der Waals surface area (Å²) in [6.45, 7) is 7.19. The number of ether oxygens (including phenoxy) is 1. The molecule has 1 atom stereocenters. The van der Waals surface area contributed by atoms with E-state index in [2.05, 4.69) is 22.0 Å². The normalized spacial score (nSPS) is 22.1. The van der Waals surface area contributed by atoms with Gasteiger partial charge in [-0.25, -0.2) is 0 Å².